The molecular formula is C18H22N4. The Labute approximate surface area is 131 Å². The van der Waals surface area contributed by atoms with Crippen LogP contribution in [0.5, 0.6) is 0 Å². The van der Waals surface area contributed by atoms with E-state index in [2.05, 4.69) is 69.8 Å². The van der Waals surface area contributed by atoms with Crippen LogP contribution in [0.2, 0.25) is 0 Å². The van der Waals surface area contributed by atoms with Crippen molar-refractivity contribution in [2.24, 2.45) is 0 Å². The number of nitrogens with one attached hydrogen (secondary N) is 4. The van der Waals surface area contributed by atoms with Gasteiger partial charge >= 0.3 is 0 Å². The zero-order valence-electron chi connectivity index (χ0n) is 12.6. The van der Waals surface area contributed by atoms with Gasteiger partial charge in [-0.25, -0.2) is 0 Å². The minimum atomic E-state index is 0.197. The van der Waals surface area contributed by atoms with Crippen molar-refractivity contribution in [2.45, 2.75) is 38.5 Å². The molecule has 0 aliphatic carbocycles. The van der Waals surface area contributed by atoms with Crippen molar-refractivity contribution in [3.05, 3.63) is 70.8 Å². The Kier molecular flexibility index (Phi) is 3.91. The summed E-state index contributed by atoms with van der Waals surface area (Å²) in [5.74, 6) is 0. The van der Waals surface area contributed by atoms with Crippen molar-refractivity contribution in [3.8, 4) is 0 Å². The van der Waals surface area contributed by atoms with Crippen molar-refractivity contribution >= 4 is 0 Å². The molecule has 114 valence electrons. The molecule has 2 aliphatic heterocycles. The Balaban J connectivity index is 1.47. The predicted molar refractivity (Wildman–Crippen MR) is 87.8 cm³/mol. The summed E-state index contributed by atoms with van der Waals surface area (Å²) in [4.78, 5) is 0. The van der Waals surface area contributed by atoms with E-state index in [1.54, 1.807) is 0 Å². The molecule has 0 atom stereocenters. The van der Waals surface area contributed by atoms with E-state index in [4.69, 9.17) is 0 Å². The average molecular weight is 294 g/mol. The fraction of sp³-hybridized carbons (Fsp3) is 0.333. The summed E-state index contributed by atoms with van der Waals surface area (Å²) in [6, 6.07) is 17.5. The van der Waals surface area contributed by atoms with Crippen LogP contribution in [0.25, 0.3) is 0 Å². The van der Waals surface area contributed by atoms with Crippen LogP contribution in [-0.4, -0.2) is 12.3 Å². The van der Waals surface area contributed by atoms with E-state index in [1.807, 2.05) is 0 Å². The van der Waals surface area contributed by atoms with Gasteiger partial charge in [0.15, 0.2) is 0 Å². The van der Waals surface area contributed by atoms with Crippen molar-refractivity contribution in [1.29, 1.82) is 0 Å². The first-order chi connectivity index (χ1) is 10.9. The van der Waals surface area contributed by atoms with E-state index in [1.165, 1.54) is 22.3 Å². The van der Waals surface area contributed by atoms with Crippen molar-refractivity contribution in [2.75, 3.05) is 0 Å². The highest BCUT2D eigenvalue weighted by Crippen LogP contribution is 2.11. The molecular weight excluding hydrogens is 272 g/mol. The van der Waals surface area contributed by atoms with E-state index in [0.29, 0.717) is 0 Å². The van der Waals surface area contributed by atoms with E-state index >= 15 is 0 Å². The molecule has 0 aromatic heterocycles. The highest BCUT2D eigenvalue weighted by atomic mass is 15.3. The van der Waals surface area contributed by atoms with Gasteiger partial charge < -0.3 is 0 Å². The molecule has 4 nitrogen and oxygen atoms in total. The van der Waals surface area contributed by atoms with Gasteiger partial charge in [-0.2, -0.15) is 0 Å². The summed E-state index contributed by atoms with van der Waals surface area (Å²) in [6.45, 7) is 3.54. The third kappa shape index (κ3) is 3.05. The molecule has 2 aromatic carbocycles. The minimum Gasteiger partial charge on any atom is -0.295 e. The van der Waals surface area contributed by atoms with Crippen LogP contribution >= 0.6 is 0 Å². The summed E-state index contributed by atoms with van der Waals surface area (Å²) in [7, 11) is 0. The first-order valence-corrected chi connectivity index (χ1v) is 7.96. The highest BCUT2D eigenvalue weighted by molar-refractivity contribution is 5.25. The second-order valence-corrected chi connectivity index (χ2v) is 6.12. The van der Waals surface area contributed by atoms with E-state index < -0.39 is 0 Å². The number of rotatable bonds is 1. The van der Waals surface area contributed by atoms with Gasteiger partial charge in [-0.15, -0.1) is 0 Å². The maximum absolute atomic E-state index is 3.62. The smallest absolute Gasteiger partial charge is 0.0871 e. The molecule has 2 heterocycles. The molecule has 2 aliphatic rings. The molecule has 0 saturated heterocycles. The number of hydrogen-bond acceptors (Lipinski definition) is 4. The Morgan fingerprint density at radius 2 is 0.864 bits per heavy atom. The van der Waals surface area contributed by atoms with E-state index in [-0.39, 0.29) is 12.3 Å². The lowest BCUT2D eigenvalue weighted by Crippen LogP contribution is -2.61. The molecule has 4 rings (SSSR count). The van der Waals surface area contributed by atoms with Gasteiger partial charge in [0.25, 0.3) is 0 Å². The second-order valence-electron chi connectivity index (χ2n) is 6.12. The third-order valence-corrected chi connectivity index (χ3v) is 4.42. The van der Waals surface area contributed by atoms with Gasteiger partial charge in [0, 0.05) is 26.2 Å². The fourth-order valence-corrected chi connectivity index (χ4v) is 3.23. The molecule has 0 unspecified atom stereocenters. The minimum absolute atomic E-state index is 0.197. The molecule has 2 aromatic rings. The quantitative estimate of drug-likeness (QED) is 0.643. The Hall–Kier alpha value is -1.72. The second kappa shape index (κ2) is 6.18. The molecule has 4 N–H and O–H groups in total. The van der Waals surface area contributed by atoms with Crippen molar-refractivity contribution in [3.63, 3.8) is 0 Å². The average Bonchev–Trinajstić information content (AvgIpc) is 2.54. The standard InChI is InChI=1S/C18H22N4/c1-3-13-7-14(4-1)10-20-17(19-9-13)18-21-11-15-5-2-6-16(8-15)12-22-18/h1-8,17-22H,9-12H2. The first-order valence-electron chi connectivity index (χ1n) is 7.96. The maximum atomic E-state index is 3.62. The number of fused-ring (bicyclic) bond motifs is 4. The van der Waals surface area contributed by atoms with Gasteiger partial charge in [0.2, 0.25) is 0 Å². The summed E-state index contributed by atoms with van der Waals surface area (Å²) < 4.78 is 0. The fourth-order valence-electron chi connectivity index (χ4n) is 3.23. The highest BCUT2D eigenvalue weighted by Gasteiger charge is 2.22. The molecule has 0 radical (unpaired) electrons. The lowest BCUT2D eigenvalue weighted by atomic mass is 10.1. The van der Waals surface area contributed by atoms with Gasteiger partial charge in [-0.1, -0.05) is 48.5 Å². The van der Waals surface area contributed by atoms with Crippen LogP contribution in [0.1, 0.15) is 22.3 Å². The number of benzene rings is 2. The van der Waals surface area contributed by atoms with E-state index in [0.717, 1.165) is 26.2 Å². The molecule has 4 bridgehead atoms. The molecule has 4 heteroatoms. The van der Waals surface area contributed by atoms with Crippen LogP contribution in [0.4, 0.5) is 0 Å². The lowest BCUT2D eigenvalue weighted by molar-refractivity contribution is 0.265. The molecule has 22 heavy (non-hydrogen) atoms. The molecule has 0 spiro atoms. The van der Waals surface area contributed by atoms with Gasteiger partial charge in [0.1, 0.15) is 0 Å². The summed E-state index contributed by atoms with van der Waals surface area (Å²) >= 11 is 0. The maximum Gasteiger partial charge on any atom is 0.0871 e. The van der Waals surface area contributed by atoms with Crippen molar-refractivity contribution < 1.29 is 0 Å². The summed E-state index contributed by atoms with van der Waals surface area (Å²) in [5, 5.41) is 14.5. The Morgan fingerprint density at radius 3 is 1.18 bits per heavy atom. The van der Waals surface area contributed by atoms with Crippen LogP contribution in [0.15, 0.2) is 48.5 Å². The van der Waals surface area contributed by atoms with Gasteiger partial charge in [0.05, 0.1) is 12.3 Å². The third-order valence-electron chi connectivity index (χ3n) is 4.42. The Bertz CT molecular complexity index is 551. The molecule has 0 fully saturated rings. The van der Waals surface area contributed by atoms with Crippen LogP contribution in [-0.2, 0) is 26.2 Å². The monoisotopic (exact) mass is 294 g/mol. The van der Waals surface area contributed by atoms with E-state index in [9.17, 15) is 0 Å². The molecule has 0 saturated carbocycles. The zero-order chi connectivity index (χ0) is 14.8. The zero-order valence-corrected chi connectivity index (χ0v) is 12.6. The van der Waals surface area contributed by atoms with Gasteiger partial charge in [-0.3, -0.25) is 21.3 Å². The Morgan fingerprint density at radius 1 is 0.545 bits per heavy atom. The van der Waals surface area contributed by atoms with Crippen molar-refractivity contribution in [1.82, 2.24) is 21.3 Å². The normalized spacial score (nSPS) is 19.8. The summed E-state index contributed by atoms with van der Waals surface area (Å²) in [5.41, 5.74) is 5.39. The molecule has 0 amide bonds. The summed E-state index contributed by atoms with van der Waals surface area (Å²) in [6.07, 6.45) is 0.394. The van der Waals surface area contributed by atoms with Crippen LogP contribution in [0, 0.1) is 0 Å². The largest absolute Gasteiger partial charge is 0.295 e. The topological polar surface area (TPSA) is 48.1 Å². The first kappa shape index (κ1) is 13.9. The van der Waals surface area contributed by atoms with Gasteiger partial charge in [-0.05, 0) is 22.3 Å². The SMILES string of the molecule is c1cc2cc(c1)CNC(C1NCc3cccc(c3)CN1)NC2. The predicted octanol–water partition coefficient (Wildman–Crippen LogP) is 1.42. The lowest BCUT2D eigenvalue weighted by Gasteiger charge is -2.33. The van der Waals surface area contributed by atoms with Crippen LogP contribution in [0.3, 0.4) is 0 Å². The van der Waals surface area contributed by atoms with Crippen LogP contribution < -0.4 is 21.3 Å². The number of hydrogen-bond donors (Lipinski definition) is 4.